The van der Waals surface area contributed by atoms with Crippen LogP contribution in [0.2, 0.25) is 5.02 Å². The molecule has 4 nitrogen and oxygen atoms in total. The molecule has 0 radical (unpaired) electrons. The fourth-order valence-electron chi connectivity index (χ4n) is 2.38. The van der Waals surface area contributed by atoms with Crippen molar-refractivity contribution in [3.05, 3.63) is 28.8 Å². The molecule has 5 heteroatoms. The lowest BCUT2D eigenvalue weighted by molar-refractivity contribution is -0.134. The summed E-state index contributed by atoms with van der Waals surface area (Å²) in [6, 6.07) is 5.11. The Hall–Kier alpha value is -1.26. The van der Waals surface area contributed by atoms with Crippen LogP contribution in [0.25, 0.3) is 0 Å². The van der Waals surface area contributed by atoms with Crippen LogP contribution in [-0.4, -0.2) is 30.5 Å². The van der Waals surface area contributed by atoms with Gasteiger partial charge in [0.2, 0.25) is 0 Å². The topological polar surface area (TPSA) is 55.6 Å². The lowest BCUT2D eigenvalue weighted by Gasteiger charge is -2.26. The Balaban J connectivity index is 1.98. The minimum atomic E-state index is -0.186. The number of carbonyl (C=O) groups excluding carboxylic acids is 1. The number of likely N-dealkylation sites (tertiary alicyclic amines) is 1. The highest BCUT2D eigenvalue weighted by molar-refractivity contribution is 6.30. The molecule has 0 aromatic heterocycles. The molecule has 1 unspecified atom stereocenters. The van der Waals surface area contributed by atoms with Gasteiger partial charge in [0.05, 0.1) is 0 Å². The number of carbonyl (C=O) groups is 1. The van der Waals surface area contributed by atoms with Crippen LogP contribution in [0.4, 0.5) is 0 Å². The zero-order chi connectivity index (χ0) is 14.5. The SMILES string of the molecule is CC(N)c1cc(Cl)ccc1OCC(=O)N1CCCCC1. The number of piperidine rings is 1. The largest absolute Gasteiger partial charge is 0.483 e. The molecule has 1 aliphatic heterocycles. The molecule has 1 aromatic rings. The highest BCUT2D eigenvalue weighted by atomic mass is 35.5. The normalized spacial score (nSPS) is 16.9. The third-order valence-electron chi connectivity index (χ3n) is 3.52. The van der Waals surface area contributed by atoms with Gasteiger partial charge in [-0.15, -0.1) is 0 Å². The number of hydrogen-bond donors (Lipinski definition) is 1. The molecule has 1 saturated heterocycles. The van der Waals surface area contributed by atoms with Crippen molar-refractivity contribution in [3.63, 3.8) is 0 Å². The Morgan fingerprint density at radius 2 is 2.10 bits per heavy atom. The van der Waals surface area contributed by atoms with Crippen LogP contribution >= 0.6 is 11.6 Å². The average Bonchev–Trinajstić information content (AvgIpc) is 2.46. The van der Waals surface area contributed by atoms with Crippen molar-refractivity contribution in [2.45, 2.75) is 32.2 Å². The van der Waals surface area contributed by atoms with E-state index in [0.29, 0.717) is 10.8 Å². The summed E-state index contributed by atoms with van der Waals surface area (Å²) in [5, 5.41) is 0.618. The highest BCUT2D eigenvalue weighted by Crippen LogP contribution is 2.27. The van der Waals surface area contributed by atoms with Crippen molar-refractivity contribution in [1.82, 2.24) is 4.90 Å². The zero-order valence-electron chi connectivity index (χ0n) is 11.8. The first-order chi connectivity index (χ1) is 9.58. The fourth-order valence-corrected chi connectivity index (χ4v) is 2.56. The van der Waals surface area contributed by atoms with Crippen LogP contribution < -0.4 is 10.5 Å². The molecular weight excluding hydrogens is 276 g/mol. The van der Waals surface area contributed by atoms with Gasteiger partial charge >= 0.3 is 0 Å². The summed E-state index contributed by atoms with van der Waals surface area (Å²) >= 11 is 5.96. The second kappa shape index (κ2) is 6.95. The second-order valence-corrected chi connectivity index (χ2v) is 5.64. The Kier molecular flexibility index (Phi) is 5.26. The summed E-state index contributed by atoms with van der Waals surface area (Å²) < 4.78 is 5.64. The van der Waals surface area contributed by atoms with Gasteiger partial charge < -0.3 is 15.4 Å². The van der Waals surface area contributed by atoms with E-state index in [0.717, 1.165) is 31.5 Å². The minimum Gasteiger partial charge on any atom is -0.483 e. The van der Waals surface area contributed by atoms with Crippen molar-refractivity contribution < 1.29 is 9.53 Å². The summed E-state index contributed by atoms with van der Waals surface area (Å²) in [6.45, 7) is 3.60. The van der Waals surface area contributed by atoms with Gasteiger partial charge in [-0.1, -0.05) is 11.6 Å². The molecule has 1 fully saturated rings. The summed E-state index contributed by atoms with van der Waals surface area (Å²) in [4.78, 5) is 13.9. The van der Waals surface area contributed by atoms with Crippen molar-refractivity contribution >= 4 is 17.5 Å². The first kappa shape index (κ1) is 15.1. The summed E-state index contributed by atoms with van der Waals surface area (Å²) in [6.07, 6.45) is 3.37. The van der Waals surface area contributed by atoms with Crippen molar-refractivity contribution in [3.8, 4) is 5.75 Å². The Bertz CT molecular complexity index is 471. The second-order valence-electron chi connectivity index (χ2n) is 5.20. The monoisotopic (exact) mass is 296 g/mol. The van der Waals surface area contributed by atoms with E-state index in [9.17, 15) is 4.79 Å². The number of amides is 1. The van der Waals surface area contributed by atoms with Crippen molar-refractivity contribution in [1.29, 1.82) is 0 Å². The number of rotatable bonds is 4. The molecule has 0 bridgehead atoms. The number of nitrogens with zero attached hydrogens (tertiary/aromatic N) is 1. The third-order valence-corrected chi connectivity index (χ3v) is 3.76. The molecule has 0 saturated carbocycles. The summed E-state index contributed by atoms with van der Waals surface area (Å²) in [5.74, 6) is 0.671. The molecule has 110 valence electrons. The Morgan fingerprint density at radius 1 is 1.40 bits per heavy atom. The molecule has 1 aliphatic rings. The molecule has 0 aliphatic carbocycles. The molecule has 2 rings (SSSR count). The van der Waals surface area contributed by atoms with E-state index in [4.69, 9.17) is 22.1 Å². The van der Waals surface area contributed by atoms with E-state index in [-0.39, 0.29) is 18.6 Å². The maximum absolute atomic E-state index is 12.1. The van der Waals surface area contributed by atoms with Gasteiger partial charge in [0.25, 0.3) is 5.91 Å². The number of nitrogens with two attached hydrogens (primary N) is 1. The first-order valence-electron chi connectivity index (χ1n) is 7.03. The van der Waals surface area contributed by atoms with Gasteiger partial charge in [-0.3, -0.25) is 4.79 Å². The number of benzene rings is 1. The smallest absolute Gasteiger partial charge is 0.260 e. The molecule has 1 aromatic carbocycles. The highest BCUT2D eigenvalue weighted by Gasteiger charge is 2.18. The molecule has 0 spiro atoms. The maximum atomic E-state index is 12.1. The van der Waals surface area contributed by atoms with E-state index in [1.165, 1.54) is 6.42 Å². The predicted octanol–water partition coefficient (Wildman–Crippen LogP) is 2.75. The maximum Gasteiger partial charge on any atom is 0.260 e. The van der Waals surface area contributed by atoms with E-state index in [1.54, 1.807) is 18.2 Å². The quantitative estimate of drug-likeness (QED) is 0.929. The summed E-state index contributed by atoms with van der Waals surface area (Å²) in [7, 11) is 0. The fraction of sp³-hybridized carbons (Fsp3) is 0.533. The van der Waals surface area contributed by atoms with Crippen molar-refractivity contribution in [2.75, 3.05) is 19.7 Å². The van der Waals surface area contributed by atoms with Gasteiger partial charge in [0.15, 0.2) is 6.61 Å². The number of hydrogen-bond acceptors (Lipinski definition) is 3. The van der Waals surface area contributed by atoms with Crippen LogP contribution in [0.5, 0.6) is 5.75 Å². The zero-order valence-corrected chi connectivity index (χ0v) is 12.5. The van der Waals surface area contributed by atoms with Crippen LogP contribution in [0.15, 0.2) is 18.2 Å². The molecule has 20 heavy (non-hydrogen) atoms. The summed E-state index contributed by atoms with van der Waals surface area (Å²) in [5.41, 5.74) is 6.72. The molecule has 1 atom stereocenters. The number of halogens is 1. The van der Waals surface area contributed by atoms with Crippen molar-refractivity contribution in [2.24, 2.45) is 5.73 Å². The Labute approximate surface area is 124 Å². The molecule has 1 heterocycles. The number of ether oxygens (including phenoxy) is 1. The average molecular weight is 297 g/mol. The van der Waals surface area contributed by atoms with E-state index in [1.807, 2.05) is 11.8 Å². The van der Waals surface area contributed by atoms with Gasteiger partial charge in [0.1, 0.15) is 5.75 Å². The lowest BCUT2D eigenvalue weighted by atomic mass is 10.1. The van der Waals surface area contributed by atoms with E-state index < -0.39 is 0 Å². The van der Waals surface area contributed by atoms with Crippen LogP contribution in [0.3, 0.4) is 0 Å². The van der Waals surface area contributed by atoms with Crippen LogP contribution in [-0.2, 0) is 4.79 Å². The minimum absolute atomic E-state index is 0.0373. The van der Waals surface area contributed by atoms with Gasteiger partial charge in [0, 0.05) is 29.7 Å². The molecule has 2 N–H and O–H groups in total. The van der Waals surface area contributed by atoms with E-state index in [2.05, 4.69) is 0 Å². The predicted molar refractivity (Wildman–Crippen MR) is 80.0 cm³/mol. The third kappa shape index (κ3) is 3.87. The standard InChI is InChI=1S/C15H21ClN2O2/c1-11(17)13-9-12(16)5-6-14(13)20-10-15(19)18-7-3-2-4-8-18/h5-6,9,11H,2-4,7-8,10,17H2,1H3. The van der Waals surface area contributed by atoms with Gasteiger partial charge in [-0.2, -0.15) is 0 Å². The van der Waals surface area contributed by atoms with Crippen LogP contribution in [0, 0.1) is 0 Å². The van der Waals surface area contributed by atoms with Gasteiger partial charge in [-0.05, 0) is 44.4 Å². The van der Waals surface area contributed by atoms with Gasteiger partial charge in [-0.25, -0.2) is 0 Å². The molecule has 1 amide bonds. The first-order valence-corrected chi connectivity index (χ1v) is 7.41. The van der Waals surface area contributed by atoms with Crippen LogP contribution in [0.1, 0.15) is 37.8 Å². The molecular formula is C15H21ClN2O2. The Morgan fingerprint density at radius 3 is 2.75 bits per heavy atom. The lowest BCUT2D eigenvalue weighted by Crippen LogP contribution is -2.38. The van der Waals surface area contributed by atoms with E-state index >= 15 is 0 Å².